The second-order valence-electron chi connectivity index (χ2n) is 12.3. The van der Waals surface area contributed by atoms with Crippen molar-refractivity contribution >= 4 is 11.9 Å². The number of hydrogen-bond acceptors (Lipinski definition) is 2. The molecule has 0 saturated carbocycles. The average Bonchev–Trinajstić information content (AvgIpc) is 3.03. The van der Waals surface area contributed by atoms with Crippen LogP contribution in [0.4, 0.5) is 0 Å². The Labute approximate surface area is 284 Å². The van der Waals surface area contributed by atoms with Gasteiger partial charge < -0.3 is 10.2 Å². The molecule has 0 aromatic rings. The largest absolute Gasteiger partial charge is 0.481 e. The molecule has 0 atom stereocenters. The smallest absolute Gasteiger partial charge is 0.328 e. The van der Waals surface area contributed by atoms with E-state index in [1.807, 2.05) is 24.3 Å². The Hall–Kier alpha value is -2.62. The van der Waals surface area contributed by atoms with Crippen molar-refractivity contribution in [3.63, 3.8) is 0 Å². The van der Waals surface area contributed by atoms with Gasteiger partial charge in [-0.2, -0.15) is 0 Å². The van der Waals surface area contributed by atoms with Crippen LogP contribution in [0.15, 0.2) is 72.9 Å². The number of aliphatic carboxylic acids is 2. The van der Waals surface area contributed by atoms with Crippen LogP contribution in [-0.4, -0.2) is 22.2 Å². The van der Waals surface area contributed by atoms with E-state index in [1.165, 1.54) is 147 Å². The minimum Gasteiger partial charge on any atom is -0.481 e. The third-order valence-corrected chi connectivity index (χ3v) is 7.78. The number of carboxylic acids is 2. The summed E-state index contributed by atoms with van der Waals surface area (Å²) in [7, 11) is 0. The molecule has 0 rings (SSSR count). The molecular formula is C42H72O4. The molecule has 46 heavy (non-hydrogen) atoms. The number of hydrogen-bond donors (Lipinski definition) is 2. The SMILES string of the molecule is CCCCCCCC/C=C\CCCCCCCCCCCC(=O)O.CCCCCCCCC/C=C/C=C/C=C/C=C/C=C/C(=O)O. The number of carbonyl (C=O) groups is 2. The summed E-state index contributed by atoms with van der Waals surface area (Å²) in [6.45, 7) is 4.52. The summed E-state index contributed by atoms with van der Waals surface area (Å²) in [6.07, 6.45) is 55.9. The van der Waals surface area contributed by atoms with Gasteiger partial charge in [-0.25, -0.2) is 4.79 Å². The summed E-state index contributed by atoms with van der Waals surface area (Å²) in [5.41, 5.74) is 0. The van der Waals surface area contributed by atoms with Crippen molar-refractivity contribution in [1.29, 1.82) is 0 Å². The van der Waals surface area contributed by atoms with E-state index in [0.717, 1.165) is 25.3 Å². The lowest BCUT2D eigenvalue weighted by molar-refractivity contribution is -0.137. The molecule has 0 aliphatic rings. The Morgan fingerprint density at radius 2 is 0.717 bits per heavy atom. The van der Waals surface area contributed by atoms with Gasteiger partial charge in [-0.15, -0.1) is 0 Å². The summed E-state index contributed by atoms with van der Waals surface area (Å²) < 4.78 is 0. The standard InChI is InChI=1S/C22H42O2.C20H30O2/c1-2-3-4-5-6-7-8-9-10-11-12-13-14-15-16-17-18-19-20-21-22(23)24;1-2-3-4-5-6-7-8-9-10-11-12-13-14-15-16-17-18-19-20(21)22/h9-10H,2-8,11-21H2,1H3,(H,23,24);10-19H,2-9H2,1H3,(H,21,22)/b10-9-;11-10+,13-12+,15-14+,17-16+,19-18+. The highest BCUT2D eigenvalue weighted by molar-refractivity contribution is 5.80. The summed E-state index contributed by atoms with van der Waals surface area (Å²) in [5.74, 6) is -1.59. The Balaban J connectivity index is 0. The molecule has 0 saturated heterocycles. The molecule has 0 unspecified atom stereocenters. The lowest BCUT2D eigenvalue weighted by Gasteiger charge is -2.01. The molecule has 0 spiro atoms. The zero-order valence-electron chi connectivity index (χ0n) is 30.0. The van der Waals surface area contributed by atoms with Gasteiger partial charge in [0.2, 0.25) is 0 Å². The average molecular weight is 641 g/mol. The fourth-order valence-electron chi connectivity index (χ4n) is 4.97. The Bertz CT molecular complexity index is 816. The van der Waals surface area contributed by atoms with E-state index >= 15 is 0 Å². The molecule has 0 bridgehead atoms. The first kappa shape index (κ1) is 45.5. The molecule has 0 aromatic heterocycles. The summed E-state index contributed by atoms with van der Waals surface area (Å²) in [4.78, 5) is 20.6. The van der Waals surface area contributed by atoms with Gasteiger partial charge in [0.25, 0.3) is 0 Å². The second-order valence-corrected chi connectivity index (χ2v) is 12.3. The maximum atomic E-state index is 10.4. The Morgan fingerprint density at radius 1 is 0.391 bits per heavy atom. The van der Waals surface area contributed by atoms with Crippen LogP contribution < -0.4 is 0 Å². The minimum absolute atomic E-state index is 0.340. The number of allylic oxidation sites excluding steroid dienone is 11. The predicted molar refractivity (Wildman–Crippen MR) is 202 cm³/mol. The van der Waals surface area contributed by atoms with E-state index in [0.29, 0.717) is 6.42 Å². The van der Waals surface area contributed by atoms with E-state index in [9.17, 15) is 9.59 Å². The molecular weight excluding hydrogens is 568 g/mol. The molecule has 4 nitrogen and oxygen atoms in total. The maximum Gasteiger partial charge on any atom is 0.328 e. The zero-order chi connectivity index (χ0) is 34.0. The first-order chi connectivity index (χ1) is 22.5. The zero-order valence-corrected chi connectivity index (χ0v) is 30.0. The fraction of sp³-hybridized carbons (Fsp3) is 0.667. The van der Waals surface area contributed by atoms with Crippen molar-refractivity contribution in [2.45, 2.75) is 181 Å². The highest BCUT2D eigenvalue weighted by Gasteiger charge is 1.97. The maximum absolute atomic E-state index is 10.4. The van der Waals surface area contributed by atoms with E-state index in [-0.39, 0.29) is 0 Å². The van der Waals surface area contributed by atoms with Crippen LogP contribution in [0.5, 0.6) is 0 Å². The van der Waals surface area contributed by atoms with Crippen LogP contribution in [0.3, 0.4) is 0 Å². The van der Waals surface area contributed by atoms with Crippen LogP contribution in [0.25, 0.3) is 0 Å². The van der Waals surface area contributed by atoms with E-state index < -0.39 is 11.9 Å². The number of carboxylic acid groups (broad SMARTS) is 2. The van der Waals surface area contributed by atoms with Crippen LogP contribution in [0, 0.1) is 0 Å². The van der Waals surface area contributed by atoms with Crippen LogP contribution in [0.2, 0.25) is 0 Å². The predicted octanol–water partition coefficient (Wildman–Crippen LogP) is 13.7. The molecule has 0 fully saturated rings. The van der Waals surface area contributed by atoms with Gasteiger partial charge in [0.1, 0.15) is 0 Å². The monoisotopic (exact) mass is 641 g/mol. The van der Waals surface area contributed by atoms with E-state index in [1.54, 1.807) is 12.2 Å². The van der Waals surface area contributed by atoms with Gasteiger partial charge in [-0.3, -0.25) is 4.79 Å². The van der Waals surface area contributed by atoms with Gasteiger partial charge in [0, 0.05) is 12.5 Å². The molecule has 0 aliphatic carbocycles. The van der Waals surface area contributed by atoms with E-state index in [2.05, 4.69) is 38.2 Å². The lowest BCUT2D eigenvalue weighted by atomic mass is 10.1. The number of rotatable bonds is 32. The van der Waals surface area contributed by atoms with Crippen molar-refractivity contribution < 1.29 is 19.8 Å². The molecule has 264 valence electrons. The molecule has 0 aromatic carbocycles. The lowest BCUT2D eigenvalue weighted by Crippen LogP contribution is -1.93. The molecule has 0 heterocycles. The molecule has 2 N–H and O–H groups in total. The van der Waals surface area contributed by atoms with Gasteiger partial charge in [0.15, 0.2) is 0 Å². The summed E-state index contributed by atoms with van der Waals surface area (Å²) in [5, 5.41) is 16.9. The molecule has 0 radical (unpaired) electrons. The molecule has 0 aliphatic heterocycles. The van der Waals surface area contributed by atoms with Crippen LogP contribution >= 0.6 is 0 Å². The Kier molecular flexibility index (Phi) is 41.9. The second kappa shape index (κ2) is 42.4. The van der Waals surface area contributed by atoms with Crippen molar-refractivity contribution in [3.05, 3.63) is 72.9 Å². The van der Waals surface area contributed by atoms with Crippen molar-refractivity contribution in [1.82, 2.24) is 0 Å². The highest BCUT2D eigenvalue weighted by atomic mass is 16.4. The third-order valence-electron chi connectivity index (χ3n) is 7.78. The first-order valence-electron chi connectivity index (χ1n) is 19.0. The Morgan fingerprint density at radius 3 is 1.11 bits per heavy atom. The fourth-order valence-corrected chi connectivity index (χ4v) is 4.97. The summed E-state index contributed by atoms with van der Waals surface area (Å²) >= 11 is 0. The first-order valence-corrected chi connectivity index (χ1v) is 19.0. The van der Waals surface area contributed by atoms with Gasteiger partial charge in [0.05, 0.1) is 0 Å². The van der Waals surface area contributed by atoms with Crippen molar-refractivity contribution in [2.75, 3.05) is 0 Å². The number of unbranched alkanes of at least 4 members (excludes halogenated alkanes) is 22. The normalized spacial score (nSPS) is 12.0. The van der Waals surface area contributed by atoms with Crippen LogP contribution in [0.1, 0.15) is 181 Å². The van der Waals surface area contributed by atoms with Crippen molar-refractivity contribution in [2.24, 2.45) is 0 Å². The van der Waals surface area contributed by atoms with Crippen LogP contribution in [-0.2, 0) is 9.59 Å². The molecule has 4 heteroatoms. The van der Waals surface area contributed by atoms with Gasteiger partial charge in [-0.1, -0.05) is 196 Å². The minimum atomic E-state index is -0.931. The highest BCUT2D eigenvalue weighted by Crippen LogP contribution is 2.12. The van der Waals surface area contributed by atoms with E-state index in [4.69, 9.17) is 10.2 Å². The quantitative estimate of drug-likeness (QED) is 0.0332. The summed E-state index contributed by atoms with van der Waals surface area (Å²) in [6, 6.07) is 0. The third kappa shape index (κ3) is 48.3. The van der Waals surface area contributed by atoms with Crippen molar-refractivity contribution in [3.8, 4) is 0 Å². The van der Waals surface area contributed by atoms with Gasteiger partial charge in [-0.05, 0) is 44.9 Å². The molecule has 0 amide bonds. The van der Waals surface area contributed by atoms with Gasteiger partial charge >= 0.3 is 11.9 Å². The topological polar surface area (TPSA) is 74.6 Å².